The Balaban J connectivity index is 1.90. The summed E-state index contributed by atoms with van der Waals surface area (Å²) in [6.45, 7) is 1.63. The van der Waals surface area contributed by atoms with Gasteiger partial charge >= 0.3 is 0 Å². The van der Waals surface area contributed by atoms with Gasteiger partial charge in [-0.3, -0.25) is 19.2 Å². The number of nitrogens with one attached hydrogen (secondary N) is 1. The van der Waals surface area contributed by atoms with E-state index in [4.69, 9.17) is 5.73 Å². The molecule has 1 aromatic carbocycles. The standard InChI is InChI=1S/C24H27N3O9/c1-8-9-4-5-11(26-13(29)7-27(2)3)19(31)15(9)20(32)17-14(8)18(30)10-6-12(28)16(23(25)35)21(33)24(10,36)22(17)34/h4-5,8,10,14,18,30-33,36H,6-7H2,1-3H3,(H2,25,35)(H,26,29)/t8-,10?,14?,18+,24-/m1/s1. The number of hydrogen-bond donors (Lipinski definition) is 7. The van der Waals surface area contributed by atoms with Gasteiger partial charge in [0.25, 0.3) is 5.91 Å². The number of phenolic OH excluding ortho intramolecular Hbond substituents is 1. The van der Waals surface area contributed by atoms with E-state index in [9.17, 15) is 44.7 Å². The average molecular weight is 501 g/mol. The van der Waals surface area contributed by atoms with Gasteiger partial charge in [0.05, 0.1) is 23.9 Å². The van der Waals surface area contributed by atoms with Gasteiger partial charge in [-0.2, -0.15) is 0 Å². The lowest BCUT2D eigenvalue weighted by atomic mass is 9.55. The first-order valence-corrected chi connectivity index (χ1v) is 11.2. The van der Waals surface area contributed by atoms with Gasteiger partial charge in [0.2, 0.25) is 11.7 Å². The van der Waals surface area contributed by atoms with Crippen molar-refractivity contribution in [2.75, 3.05) is 26.0 Å². The van der Waals surface area contributed by atoms with Crippen LogP contribution in [0.25, 0.3) is 5.76 Å². The number of amides is 2. The van der Waals surface area contributed by atoms with Crippen LogP contribution in [-0.2, 0) is 19.2 Å². The Morgan fingerprint density at radius 3 is 2.42 bits per heavy atom. The number of carbonyl (C=O) groups excluding carboxylic acids is 4. The zero-order chi connectivity index (χ0) is 26.9. The van der Waals surface area contributed by atoms with E-state index in [1.54, 1.807) is 25.9 Å². The highest BCUT2D eigenvalue weighted by molar-refractivity contribution is 6.23. The molecule has 192 valence electrons. The van der Waals surface area contributed by atoms with Crippen molar-refractivity contribution in [2.24, 2.45) is 17.6 Å². The molecule has 0 aliphatic heterocycles. The number of aliphatic hydroxyl groups is 4. The number of aliphatic hydroxyl groups excluding tert-OH is 3. The van der Waals surface area contributed by atoms with E-state index in [0.717, 1.165) is 0 Å². The van der Waals surface area contributed by atoms with Crippen LogP contribution in [0, 0.1) is 11.8 Å². The largest absolute Gasteiger partial charge is 0.508 e. The number of primary amides is 1. The molecule has 1 aromatic rings. The number of aromatic hydroxyl groups is 1. The number of anilines is 1. The molecule has 12 nitrogen and oxygen atoms in total. The number of phenols is 1. The summed E-state index contributed by atoms with van der Waals surface area (Å²) in [5.41, 5.74) is 0.941. The van der Waals surface area contributed by atoms with Gasteiger partial charge < -0.3 is 41.5 Å². The maximum Gasteiger partial charge on any atom is 0.255 e. The van der Waals surface area contributed by atoms with Gasteiger partial charge in [0.15, 0.2) is 11.4 Å². The summed E-state index contributed by atoms with van der Waals surface area (Å²) in [4.78, 5) is 51.6. The number of Topliss-reactive ketones (excluding diaryl/α,β-unsaturated/α-hetero) is 2. The van der Waals surface area contributed by atoms with E-state index < -0.39 is 87.7 Å². The van der Waals surface area contributed by atoms with Crippen molar-refractivity contribution >= 4 is 34.8 Å². The SMILES string of the molecule is C[C@@H]1c2ccc(NC(=O)CN(C)C)c(O)c2C(O)=C2C(=O)[C@]3(O)C(O)=C(C(N)=O)C(=O)CC3[C@H](O)C21. The predicted octanol–water partition coefficient (Wildman–Crippen LogP) is -0.544. The minimum absolute atomic E-state index is 0.00764. The van der Waals surface area contributed by atoms with Gasteiger partial charge in [-0.05, 0) is 31.6 Å². The summed E-state index contributed by atoms with van der Waals surface area (Å²) >= 11 is 0. The van der Waals surface area contributed by atoms with E-state index in [-0.39, 0.29) is 17.8 Å². The second kappa shape index (κ2) is 8.43. The summed E-state index contributed by atoms with van der Waals surface area (Å²) in [5, 5.41) is 57.7. The summed E-state index contributed by atoms with van der Waals surface area (Å²) in [6.07, 6.45) is -2.24. The van der Waals surface area contributed by atoms with Crippen LogP contribution in [-0.4, -0.2) is 86.2 Å². The Labute approximate surface area is 205 Å². The molecule has 1 saturated carbocycles. The lowest BCUT2D eigenvalue weighted by Gasteiger charge is -2.50. The Bertz CT molecular complexity index is 1280. The van der Waals surface area contributed by atoms with Gasteiger partial charge in [0.1, 0.15) is 22.8 Å². The van der Waals surface area contributed by atoms with Crippen LogP contribution < -0.4 is 11.1 Å². The van der Waals surface area contributed by atoms with Crippen LogP contribution in [0.3, 0.4) is 0 Å². The minimum atomic E-state index is -2.90. The maximum absolute atomic E-state index is 13.6. The number of nitrogens with two attached hydrogens (primary N) is 1. The van der Waals surface area contributed by atoms with Gasteiger partial charge in [-0.15, -0.1) is 0 Å². The molecule has 12 heteroatoms. The highest BCUT2D eigenvalue weighted by Crippen LogP contribution is 2.56. The maximum atomic E-state index is 13.6. The molecular formula is C24H27N3O9. The monoisotopic (exact) mass is 501 g/mol. The fourth-order valence-corrected chi connectivity index (χ4v) is 5.58. The number of carbonyl (C=O) groups is 4. The van der Waals surface area contributed by atoms with Gasteiger partial charge in [0, 0.05) is 23.8 Å². The third-order valence-corrected chi connectivity index (χ3v) is 7.23. The van der Waals surface area contributed by atoms with Gasteiger partial charge in [-0.1, -0.05) is 13.0 Å². The normalized spacial score (nSPS) is 29.6. The minimum Gasteiger partial charge on any atom is -0.508 e. The molecule has 36 heavy (non-hydrogen) atoms. The van der Waals surface area contributed by atoms with Crippen LogP contribution in [0.15, 0.2) is 29.0 Å². The molecule has 3 aliphatic carbocycles. The first kappa shape index (κ1) is 25.4. The van der Waals surface area contributed by atoms with Crippen molar-refractivity contribution in [3.05, 3.63) is 40.2 Å². The summed E-state index contributed by atoms with van der Waals surface area (Å²) in [6, 6.07) is 2.94. The van der Waals surface area contributed by atoms with Crippen molar-refractivity contribution in [2.45, 2.75) is 31.0 Å². The third kappa shape index (κ3) is 3.40. The molecule has 4 rings (SSSR count). The Hall–Kier alpha value is -3.74. The fourth-order valence-electron chi connectivity index (χ4n) is 5.58. The molecule has 0 radical (unpaired) electrons. The summed E-state index contributed by atoms with van der Waals surface area (Å²) < 4.78 is 0. The van der Waals surface area contributed by atoms with E-state index in [0.29, 0.717) is 5.56 Å². The van der Waals surface area contributed by atoms with Crippen molar-refractivity contribution < 1.29 is 44.7 Å². The van der Waals surface area contributed by atoms with Crippen molar-refractivity contribution in [1.82, 2.24) is 4.90 Å². The molecule has 5 atom stereocenters. The molecule has 0 aromatic heterocycles. The van der Waals surface area contributed by atoms with Crippen molar-refractivity contribution in [1.29, 1.82) is 0 Å². The van der Waals surface area contributed by atoms with Crippen molar-refractivity contribution in [3.8, 4) is 5.75 Å². The third-order valence-electron chi connectivity index (χ3n) is 7.23. The number of likely N-dealkylation sites (N-methyl/N-ethyl adjacent to an activating group) is 1. The van der Waals surface area contributed by atoms with Crippen LogP contribution >= 0.6 is 0 Å². The lowest BCUT2D eigenvalue weighted by Crippen LogP contribution is -2.63. The molecule has 2 amide bonds. The zero-order valence-corrected chi connectivity index (χ0v) is 19.8. The van der Waals surface area contributed by atoms with E-state index in [1.165, 1.54) is 12.1 Å². The number of benzene rings is 1. The van der Waals surface area contributed by atoms with Crippen LogP contribution in [0.4, 0.5) is 5.69 Å². The second-order valence-electron chi connectivity index (χ2n) is 9.70. The molecule has 2 unspecified atom stereocenters. The Kier molecular flexibility index (Phi) is 5.94. The summed E-state index contributed by atoms with van der Waals surface area (Å²) in [5.74, 6) is -9.89. The Morgan fingerprint density at radius 2 is 1.83 bits per heavy atom. The first-order valence-electron chi connectivity index (χ1n) is 11.2. The number of nitrogens with zero attached hydrogens (tertiary/aromatic N) is 1. The molecule has 1 fully saturated rings. The molecule has 0 spiro atoms. The topological polar surface area (TPSA) is 211 Å². The first-order chi connectivity index (χ1) is 16.7. The predicted molar refractivity (Wildman–Crippen MR) is 125 cm³/mol. The van der Waals surface area contributed by atoms with Crippen molar-refractivity contribution in [3.63, 3.8) is 0 Å². The highest BCUT2D eigenvalue weighted by atomic mass is 16.4. The fraction of sp³-hybridized carbons (Fsp3) is 0.417. The van der Waals surface area contributed by atoms with Crippen LogP contribution in [0.5, 0.6) is 5.75 Å². The molecule has 8 N–H and O–H groups in total. The molecule has 0 heterocycles. The van der Waals surface area contributed by atoms with Crippen LogP contribution in [0.1, 0.15) is 30.4 Å². The highest BCUT2D eigenvalue weighted by Gasteiger charge is 2.64. The average Bonchev–Trinajstić information content (AvgIpc) is 2.77. The smallest absolute Gasteiger partial charge is 0.255 e. The number of ketones is 2. The van der Waals surface area contributed by atoms with E-state index in [2.05, 4.69) is 5.32 Å². The molecule has 0 saturated heterocycles. The quantitative estimate of drug-likeness (QED) is 0.207. The number of rotatable bonds is 4. The lowest BCUT2D eigenvalue weighted by molar-refractivity contribution is -0.160. The molecule has 0 bridgehead atoms. The second-order valence-corrected chi connectivity index (χ2v) is 9.70. The van der Waals surface area contributed by atoms with Gasteiger partial charge in [-0.25, -0.2) is 0 Å². The van der Waals surface area contributed by atoms with E-state index >= 15 is 0 Å². The molecule has 3 aliphatic rings. The number of fused-ring (bicyclic) bond motifs is 3. The Morgan fingerprint density at radius 1 is 1.19 bits per heavy atom. The molecular weight excluding hydrogens is 474 g/mol. The summed E-state index contributed by atoms with van der Waals surface area (Å²) in [7, 11) is 3.35. The van der Waals surface area contributed by atoms with Crippen LogP contribution in [0.2, 0.25) is 0 Å². The van der Waals surface area contributed by atoms with E-state index in [1.807, 2.05) is 0 Å². The zero-order valence-electron chi connectivity index (χ0n) is 19.8. The number of hydrogen-bond acceptors (Lipinski definition) is 10.